The summed E-state index contributed by atoms with van der Waals surface area (Å²) in [6, 6.07) is 21.7. The molecule has 2 aromatic rings. The van der Waals surface area contributed by atoms with E-state index in [9.17, 15) is 0 Å². The lowest BCUT2D eigenvalue weighted by molar-refractivity contribution is -0.0418. The Bertz CT molecular complexity index is 1080. The number of hydrogen-bond acceptors (Lipinski definition) is 11. The van der Waals surface area contributed by atoms with Crippen LogP contribution < -0.4 is 10.4 Å². The van der Waals surface area contributed by atoms with Crippen molar-refractivity contribution in [2.24, 2.45) is 0 Å². The second kappa shape index (κ2) is 18.3. The van der Waals surface area contributed by atoms with Gasteiger partial charge < -0.3 is 47.8 Å². The molecular weight excluding hydrogens is 693 g/mol. The van der Waals surface area contributed by atoms with Crippen LogP contribution >= 0.6 is 0 Å². The molecule has 0 spiro atoms. The van der Waals surface area contributed by atoms with Gasteiger partial charge in [0.25, 0.3) is 0 Å². The van der Waals surface area contributed by atoms with E-state index in [1.165, 1.54) is 35.5 Å². The molecular formula is C29H56O11Si6. The molecule has 0 saturated carbocycles. The molecule has 0 fully saturated rings. The zero-order valence-corrected chi connectivity index (χ0v) is 35.8. The van der Waals surface area contributed by atoms with Crippen LogP contribution in [0, 0.1) is 0 Å². The normalized spacial score (nSPS) is 13.7. The Kier molecular flexibility index (Phi) is 16.5. The molecule has 0 bridgehead atoms. The maximum Gasteiger partial charge on any atom is 0.673 e. The molecule has 262 valence electrons. The molecule has 0 aromatic heterocycles. The summed E-state index contributed by atoms with van der Waals surface area (Å²) in [5.74, 6) is 0. The molecule has 0 atom stereocenters. The topological polar surface area (TPSA) is 102 Å². The average molecular weight is 749 g/mol. The standard InChI is InChI=1S/C29H56O11Si6/c1-30-45(31-2,32-3)40-46(33-4,34-5)36-26-25-35-24-19-27-42(9,10)38-44(28-20-15-13-16-21-28,29-22-17-14-18-23-29)39-43(11,12)37-41(6,7)8/h13-18,20-23H,19,24-27H2,1-12H3. The van der Waals surface area contributed by atoms with Gasteiger partial charge in [0.05, 0.1) is 13.2 Å². The summed E-state index contributed by atoms with van der Waals surface area (Å²) in [5.41, 5.74) is 0. The van der Waals surface area contributed by atoms with E-state index in [0.29, 0.717) is 13.2 Å². The van der Waals surface area contributed by atoms with Crippen molar-refractivity contribution in [2.75, 3.05) is 55.4 Å². The predicted molar refractivity (Wildman–Crippen MR) is 193 cm³/mol. The summed E-state index contributed by atoms with van der Waals surface area (Å²) in [6.45, 7) is 16.5. The number of rotatable bonds is 23. The summed E-state index contributed by atoms with van der Waals surface area (Å²) >= 11 is 0. The fraction of sp³-hybridized carbons (Fsp3) is 0.586. The third-order valence-corrected chi connectivity index (χ3v) is 26.4. The monoisotopic (exact) mass is 748 g/mol. The van der Waals surface area contributed by atoms with E-state index in [2.05, 4.69) is 94.4 Å². The maximum atomic E-state index is 7.40. The molecule has 17 heteroatoms. The van der Waals surface area contributed by atoms with E-state index in [0.717, 1.165) is 22.8 Å². The molecule has 0 N–H and O–H groups in total. The van der Waals surface area contributed by atoms with E-state index in [4.69, 9.17) is 47.8 Å². The van der Waals surface area contributed by atoms with Gasteiger partial charge in [-0.3, -0.25) is 0 Å². The number of benzene rings is 2. The van der Waals surface area contributed by atoms with Gasteiger partial charge in [-0.15, -0.1) is 0 Å². The largest absolute Gasteiger partial charge is 0.673 e. The van der Waals surface area contributed by atoms with Crippen LogP contribution in [0.2, 0.25) is 51.9 Å². The molecule has 2 rings (SSSR count). The van der Waals surface area contributed by atoms with Crippen molar-refractivity contribution in [3.63, 3.8) is 0 Å². The molecule has 0 unspecified atom stereocenters. The fourth-order valence-corrected chi connectivity index (χ4v) is 27.2. The van der Waals surface area contributed by atoms with Crippen molar-refractivity contribution in [2.45, 2.75) is 58.3 Å². The first-order valence-electron chi connectivity index (χ1n) is 15.4. The summed E-state index contributed by atoms with van der Waals surface area (Å²) in [7, 11) is -9.80. The zero-order chi connectivity index (χ0) is 34.5. The minimum absolute atomic E-state index is 0.190. The third kappa shape index (κ3) is 12.6. The van der Waals surface area contributed by atoms with Crippen molar-refractivity contribution >= 4 is 62.2 Å². The summed E-state index contributed by atoms with van der Waals surface area (Å²) in [6.07, 6.45) is 0.820. The quantitative estimate of drug-likeness (QED) is 0.118. The number of ether oxygens (including phenoxy) is 1. The van der Waals surface area contributed by atoms with Gasteiger partial charge in [-0.25, -0.2) is 0 Å². The van der Waals surface area contributed by atoms with E-state index >= 15 is 0 Å². The van der Waals surface area contributed by atoms with Crippen molar-refractivity contribution in [3.05, 3.63) is 60.7 Å². The first kappa shape index (κ1) is 41.5. The number of hydrogen-bond donors (Lipinski definition) is 0. The third-order valence-electron chi connectivity index (χ3n) is 6.74. The van der Waals surface area contributed by atoms with E-state index in [1.807, 2.05) is 12.1 Å². The van der Waals surface area contributed by atoms with Gasteiger partial charge in [0.15, 0.2) is 16.6 Å². The zero-order valence-electron chi connectivity index (χ0n) is 29.8. The smallest absolute Gasteiger partial charge is 0.437 e. The molecule has 11 nitrogen and oxygen atoms in total. The van der Waals surface area contributed by atoms with Gasteiger partial charge in [-0.2, -0.15) is 0 Å². The molecule has 2 aromatic carbocycles. The highest BCUT2D eigenvalue weighted by atomic mass is 28.5. The maximum absolute atomic E-state index is 7.40. The van der Waals surface area contributed by atoms with Crippen LogP contribution in [0.3, 0.4) is 0 Å². The van der Waals surface area contributed by atoms with Gasteiger partial charge in [0.1, 0.15) is 0 Å². The molecule has 0 amide bonds. The average Bonchev–Trinajstić information content (AvgIpc) is 3.01. The Morgan fingerprint density at radius 2 is 0.978 bits per heavy atom. The lowest BCUT2D eigenvalue weighted by Gasteiger charge is -2.44. The first-order valence-corrected chi connectivity index (χ1v) is 29.9. The summed E-state index contributed by atoms with van der Waals surface area (Å²) in [5, 5.41) is 2.17. The molecule has 0 saturated heterocycles. The second-order valence-corrected chi connectivity index (χ2v) is 33.6. The minimum Gasteiger partial charge on any atom is -0.437 e. The van der Waals surface area contributed by atoms with E-state index in [-0.39, 0.29) is 6.61 Å². The Morgan fingerprint density at radius 3 is 1.41 bits per heavy atom. The van der Waals surface area contributed by atoms with Crippen LogP contribution in [0.15, 0.2) is 60.7 Å². The molecule has 0 radical (unpaired) electrons. The predicted octanol–water partition coefficient (Wildman–Crippen LogP) is 4.58. The van der Waals surface area contributed by atoms with Crippen molar-refractivity contribution in [1.82, 2.24) is 0 Å². The lowest BCUT2D eigenvalue weighted by atomic mass is 10.4. The Labute approximate surface area is 283 Å². The van der Waals surface area contributed by atoms with Gasteiger partial charge in [0.2, 0.25) is 0 Å². The minimum atomic E-state index is -3.59. The van der Waals surface area contributed by atoms with Crippen LogP contribution in [-0.2, 0) is 47.8 Å². The molecule has 0 heterocycles. The van der Waals surface area contributed by atoms with E-state index < -0.39 is 51.9 Å². The Balaban J connectivity index is 2.14. The Hall–Kier alpha value is -0.699. The SMILES string of the molecule is CO[Si](OC)(OC)O[Si](OC)(OC)OCCOCCC[Si](C)(C)O[Si](O[Si](C)(C)O[Si](C)(C)C)(c1ccccc1)c1ccccc1. The van der Waals surface area contributed by atoms with Crippen molar-refractivity contribution < 1.29 is 47.8 Å². The van der Waals surface area contributed by atoms with Crippen molar-refractivity contribution in [1.29, 1.82) is 0 Å². The van der Waals surface area contributed by atoms with Crippen LogP contribution in [0.5, 0.6) is 0 Å². The van der Waals surface area contributed by atoms with Gasteiger partial charge in [0, 0.05) is 42.2 Å². The van der Waals surface area contributed by atoms with Crippen LogP contribution in [0.4, 0.5) is 0 Å². The lowest BCUT2D eigenvalue weighted by Crippen LogP contribution is -2.71. The molecule has 0 aliphatic heterocycles. The van der Waals surface area contributed by atoms with Crippen LogP contribution in [-0.4, -0.2) is 107 Å². The second-order valence-electron chi connectivity index (χ2n) is 12.6. The highest BCUT2D eigenvalue weighted by Gasteiger charge is 2.57. The van der Waals surface area contributed by atoms with E-state index in [1.54, 1.807) is 0 Å². The Morgan fingerprint density at radius 1 is 0.500 bits per heavy atom. The molecule has 0 aliphatic rings. The van der Waals surface area contributed by atoms with Crippen molar-refractivity contribution in [3.8, 4) is 0 Å². The van der Waals surface area contributed by atoms with Crippen LogP contribution in [0.25, 0.3) is 0 Å². The fourth-order valence-electron chi connectivity index (χ4n) is 5.05. The highest BCUT2D eigenvalue weighted by Crippen LogP contribution is 2.27. The van der Waals surface area contributed by atoms with Gasteiger partial charge in [-0.05, 0) is 68.7 Å². The summed E-state index contributed by atoms with van der Waals surface area (Å²) in [4.78, 5) is 0. The molecule has 0 aliphatic carbocycles. The highest BCUT2D eigenvalue weighted by molar-refractivity contribution is 7.02. The first-order chi connectivity index (χ1) is 21.5. The van der Waals surface area contributed by atoms with Gasteiger partial charge >= 0.3 is 35.2 Å². The van der Waals surface area contributed by atoms with Crippen LogP contribution in [0.1, 0.15) is 6.42 Å². The summed E-state index contributed by atoms with van der Waals surface area (Å²) < 4.78 is 66.1. The van der Waals surface area contributed by atoms with Gasteiger partial charge in [-0.1, -0.05) is 60.7 Å². The molecule has 46 heavy (non-hydrogen) atoms.